The predicted octanol–water partition coefficient (Wildman–Crippen LogP) is 2.60. The van der Waals surface area contributed by atoms with Gasteiger partial charge in [-0.05, 0) is 42.5 Å². The van der Waals surface area contributed by atoms with Crippen LogP contribution in [0.15, 0.2) is 55.4 Å². The molecule has 0 fully saturated rings. The lowest BCUT2D eigenvalue weighted by Gasteiger charge is -2.14. The summed E-state index contributed by atoms with van der Waals surface area (Å²) in [6, 6.07) is 11.3. The topological polar surface area (TPSA) is 142 Å². The normalized spacial score (nSPS) is 11.8. The van der Waals surface area contributed by atoms with Crippen LogP contribution in [0.3, 0.4) is 0 Å². The standard InChI is InChI=1S/C23H20N10O2/c1-3-34-20-7-9-26-22(17(20)11-24)33-13-27-19-5-4-18(29-23(19)33)16-6-8-25-21(10-16)35-15(2)12-32-14-28-30-31-32/h4-10,13-15H,3,12H2,1-2H3/t15-/m0/s1. The van der Waals surface area contributed by atoms with Gasteiger partial charge in [0.2, 0.25) is 5.88 Å². The van der Waals surface area contributed by atoms with Crippen molar-refractivity contribution < 1.29 is 9.47 Å². The van der Waals surface area contributed by atoms with E-state index in [9.17, 15) is 5.26 Å². The minimum Gasteiger partial charge on any atom is -0.492 e. The zero-order chi connectivity index (χ0) is 24.2. The number of imidazole rings is 1. The molecule has 0 spiro atoms. The summed E-state index contributed by atoms with van der Waals surface area (Å²) in [5.41, 5.74) is 3.06. The van der Waals surface area contributed by atoms with Gasteiger partial charge in [0.1, 0.15) is 41.7 Å². The summed E-state index contributed by atoms with van der Waals surface area (Å²) in [5, 5.41) is 20.9. The molecule has 5 heterocycles. The van der Waals surface area contributed by atoms with Crippen molar-refractivity contribution in [1.82, 2.24) is 44.7 Å². The SMILES string of the molecule is CCOc1ccnc(-n2cnc3ccc(-c4ccnc(O[C@@H](C)Cn5cnnn5)c4)nc32)c1C#N. The fraction of sp³-hybridized carbons (Fsp3) is 0.217. The number of nitriles is 1. The van der Waals surface area contributed by atoms with E-state index >= 15 is 0 Å². The molecule has 0 aliphatic heterocycles. The minimum absolute atomic E-state index is 0.203. The molecule has 0 saturated heterocycles. The van der Waals surface area contributed by atoms with Gasteiger partial charge in [0.05, 0.1) is 18.8 Å². The van der Waals surface area contributed by atoms with E-state index in [-0.39, 0.29) is 6.10 Å². The van der Waals surface area contributed by atoms with Crippen molar-refractivity contribution in [2.75, 3.05) is 6.61 Å². The van der Waals surface area contributed by atoms with Gasteiger partial charge in [0, 0.05) is 30.1 Å². The molecule has 0 N–H and O–H groups in total. The van der Waals surface area contributed by atoms with Crippen LogP contribution in [0.1, 0.15) is 19.4 Å². The van der Waals surface area contributed by atoms with Gasteiger partial charge >= 0.3 is 0 Å². The first kappa shape index (κ1) is 21.9. The molecule has 0 saturated carbocycles. The molecule has 35 heavy (non-hydrogen) atoms. The monoisotopic (exact) mass is 468 g/mol. The molecule has 5 rings (SSSR count). The van der Waals surface area contributed by atoms with Crippen LogP contribution >= 0.6 is 0 Å². The number of pyridine rings is 3. The predicted molar refractivity (Wildman–Crippen MR) is 124 cm³/mol. The number of ether oxygens (including phenoxy) is 2. The second-order valence-corrected chi connectivity index (χ2v) is 7.55. The van der Waals surface area contributed by atoms with Crippen molar-refractivity contribution in [2.45, 2.75) is 26.5 Å². The lowest BCUT2D eigenvalue weighted by molar-refractivity contribution is 0.185. The molecule has 5 aromatic heterocycles. The van der Waals surface area contributed by atoms with Gasteiger partial charge in [-0.25, -0.2) is 24.6 Å². The fourth-order valence-corrected chi connectivity index (χ4v) is 3.61. The third kappa shape index (κ3) is 4.47. The van der Waals surface area contributed by atoms with Gasteiger partial charge in [-0.15, -0.1) is 5.10 Å². The highest BCUT2D eigenvalue weighted by molar-refractivity contribution is 5.77. The van der Waals surface area contributed by atoms with Gasteiger partial charge in [0.25, 0.3) is 0 Å². The Kier molecular flexibility index (Phi) is 5.96. The first-order valence-corrected chi connectivity index (χ1v) is 10.9. The van der Waals surface area contributed by atoms with E-state index in [4.69, 9.17) is 14.5 Å². The zero-order valence-corrected chi connectivity index (χ0v) is 19.0. The zero-order valence-electron chi connectivity index (χ0n) is 19.0. The van der Waals surface area contributed by atoms with E-state index in [1.165, 1.54) is 6.33 Å². The summed E-state index contributed by atoms with van der Waals surface area (Å²) in [5.74, 6) is 1.32. The number of nitrogens with zero attached hydrogens (tertiary/aromatic N) is 10. The van der Waals surface area contributed by atoms with Gasteiger partial charge in [-0.3, -0.25) is 4.57 Å². The Morgan fingerprint density at radius 3 is 2.77 bits per heavy atom. The van der Waals surface area contributed by atoms with Crippen LogP contribution in [0.25, 0.3) is 28.2 Å². The molecule has 0 unspecified atom stereocenters. The van der Waals surface area contributed by atoms with Gasteiger partial charge < -0.3 is 9.47 Å². The molecule has 12 nitrogen and oxygen atoms in total. The van der Waals surface area contributed by atoms with Gasteiger partial charge in [-0.2, -0.15) is 5.26 Å². The molecule has 0 aliphatic rings. The number of tetrazole rings is 1. The summed E-state index contributed by atoms with van der Waals surface area (Å²) in [4.78, 5) is 18.0. The highest BCUT2D eigenvalue weighted by atomic mass is 16.5. The number of hydrogen-bond acceptors (Lipinski definition) is 10. The maximum atomic E-state index is 9.76. The number of rotatable bonds is 8. The number of hydrogen-bond donors (Lipinski definition) is 0. The lowest BCUT2D eigenvalue weighted by atomic mass is 10.2. The Hall–Kier alpha value is -4.92. The molecule has 0 aromatic carbocycles. The summed E-state index contributed by atoms with van der Waals surface area (Å²) in [6.07, 6.45) is 6.19. The second kappa shape index (κ2) is 9.52. The number of aromatic nitrogens is 9. The summed E-state index contributed by atoms with van der Waals surface area (Å²) in [6.45, 7) is 4.69. The van der Waals surface area contributed by atoms with Crippen molar-refractivity contribution in [3.8, 4) is 34.8 Å². The third-order valence-corrected chi connectivity index (χ3v) is 5.12. The maximum absolute atomic E-state index is 9.76. The maximum Gasteiger partial charge on any atom is 0.214 e. The van der Waals surface area contributed by atoms with Crippen molar-refractivity contribution in [1.29, 1.82) is 5.26 Å². The molecule has 0 amide bonds. The first-order chi connectivity index (χ1) is 17.2. The highest BCUT2D eigenvalue weighted by Crippen LogP contribution is 2.27. The van der Waals surface area contributed by atoms with Crippen LogP contribution in [0.5, 0.6) is 11.6 Å². The minimum atomic E-state index is -0.203. The Balaban J connectivity index is 1.48. The van der Waals surface area contributed by atoms with E-state index in [1.807, 2.05) is 38.1 Å². The molecule has 0 bridgehead atoms. The van der Waals surface area contributed by atoms with Crippen LogP contribution in [0.4, 0.5) is 0 Å². The van der Waals surface area contributed by atoms with E-state index in [0.29, 0.717) is 53.0 Å². The second-order valence-electron chi connectivity index (χ2n) is 7.55. The molecule has 174 valence electrons. The van der Waals surface area contributed by atoms with Crippen molar-refractivity contribution >= 4 is 11.2 Å². The van der Waals surface area contributed by atoms with E-state index in [2.05, 4.69) is 36.5 Å². The molecule has 1 atom stereocenters. The summed E-state index contributed by atoms with van der Waals surface area (Å²) < 4.78 is 14.8. The molecular weight excluding hydrogens is 448 g/mol. The van der Waals surface area contributed by atoms with Crippen LogP contribution in [-0.2, 0) is 6.54 Å². The quantitative estimate of drug-likeness (QED) is 0.333. The van der Waals surface area contributed by atoms with Crippen LogP contribution in [0.2, 0.25) is 0 Å². The van der Waals surface area contributed by atoms with Crippen LogP contribution < -0.4 is 9.47 Å². The average molecular weight is 468 g/mol. The Labute approximate surface area is 199 Å². The Bertz CT molecular complexity index is 1510. The third-order valence-electron chi connectivity index (χ3n) is 5.12. The highest BCUT2D eigenvalue weighted by Gasteiger charge is 2.17. The molecule has 0 aliphatic carbocycles. The van der Waals surface area contributed by atoms with Gasteiger partial charge in [0.15, 0.2) is 11.5 Å². The van der Waals surface area contributed by atoms with Crippen molar-refractivity contribution in [3.05, 3.63) is 60.9 Å². The van der Waals surface area contributed by atoms with Crippen LogP contribution in [-0.4, -0.2) is 57.4 Å². The first-order valence-electron chi connectivity index (χ1n) is 10.9. The van der Waals surface area contributed by atoms with Crippen LogP contribution in [0, 0.1) is 11.3 Å². The van der Waals surface area contributed by atoms with Crippen molar-refractivity contribution in [3.63, 3.8) is 0 Å². The fourth-order valence-electron chi connectivity index (χ4n) is 3.61. The van der Waals surface area contributed by atoms with Crippen molar-refractivity contribution in [2.24, 2.45) is 0 Å². The van der Waals surface area contributed by atoms with Gasteiger partial charge in [-0.1, -0.05) is 0 Å². The van der Waals surface area contributed by atoms with E-state index in [0.717, 1.165) is 5.56 Å². The lowest BCUT2D eigenvalue weighted by Crippen LogP contribution is -2.20. The summed E-state index contributed by atoms with van der Waals surface area (Å²) >= 11 is 0. The Morgan fingerprint density at radius 2 is 1.97 bits per heavy atom. The van der Waals surface area contributed by atoms with E-state index in [1.54, 1.807) is 34.0 Å². The molecular formula is C23H20N10O2. The largest absolute Gasteiger partial charge is 0.492 e. The smallest absolute Gasteiger partial charge is 0.214 e. The number of fused-ring (bicyclic) bond motifs is 1. The van der Waals surface area contributed by atoms with E-state index < -0.39 is 0 Å². The molecule has 5 aromatic rings. The molecule has 12 heteroatoms. The Morgan fingerprint density at radius 1 is 1.09 bits per heavy atom. The summed E-state index contributed by atoms with van der Waals surface area (Å²) in [7, 11) is 0. The average Bonchev–Trinajstić information content (AvgIpc) is 3.53. The molecule has 0 radical (unpaired) electrons.